The van der Waals surface area contributed by atoms with Gasteiger partial charge in [-0.3, -0.25) is 4.79 Å². The van der Waals surface area contributed by atoms with Crippen LogP contribution in [0.4, 0.5) is 5.69 Å². The van der Waals surface area contributed by atoms with E-state index in [1.54, 1.807) is 50.6 Å². The van der Waals surface area contributed by atoms with Gasteiger partial charge >= 0.3 is 0 Å². The lowest BCUT2D eigenvalue weighted by molar-refractivity contribution is 0.102. The summed E-state index contributed by atoms with van der Waals surface area (Å²) in [6.45, 7) is 2.35. The summed E-state index contributed by atoms with van der Waals surface area (Å²) in [4.78, 5) is 12.4. The predicted molar refractivity (Wildman–Crippen MR) is 92.8 cm³/mol. The van der Waals surface area contributed by atoms with E-state index >= 15 is 0 Å². The molecular formula is C17H18BrNO4. The molecule has 0 radical (unpaired) electrons. The Labute approximate surface area is 143 Å². The second-order valence-electron chi connectivity index (χ2n) is 4.61. The molecule has 0 bridgehead atoms. The van der Waals surface area contributed by atoms with Crippen LogP contribution >= 0.6 is 15.9 Å². The minimum Gasteiger partial charge on any atom is -0.497 e. The van der Waals surface area contributed by atoms with Gasteiger partial charge in [0.25, 0.3) is 5.91 Å². The SMILES string of the molecule is CCOc1cc(C(=O)Nc2ccc(OC)cc2)cc(Br)c1OC. The van der Waals surface area contributed by atoms with Crippen molar-refractivity contribution in [3.05, 3.63) is 46.4 Å². The van der Waals surface area contributed by atoms with Gasteiger partial charge in [0.05, 0.1) is 25.3 Å². The Kier molecular flexibility index (Phi) is 5.87. The molecule has 0 aliphatic carbocycles. The third-order valence-corrected chi connectivity index (χ3v) is 3.71. The van der Waals surface area contributed by atoms with Crippen molar-refractivity contribution in [2.24, 2.45) is 0 Å². The summed E-state index contributed by atoms with van der Waals surface area (Å²) in [5, 5.41) is 2.83. The number of hydrogen-bond donors (Lipinski definition) is 1. The average molecular weight is 380 g/mol. The number of carbonyl (C=O) groups is 1. The molecule has 6 heteroatoms. The van der Waals surface area contributed by atoms with Crippen LogP contribution in [0, 0.1) is 0 Å². The van der Waals surface area contributed by atoms with Crippen LogP contribution in [0.2, 0.25) is 0 Å². The predicted octanol–water partition coefficient (Wildman–Crippen LogP) is 4.12. The van der Waals surface area contributed by atoms with E-state index in [4.69, 9.17) is 14.2 Å². The molecule has 0 aliphatic heterocycles. The first-order valence-electron chi connectivity index (χ1n) is 7.04. The van der Waals surface area contributed by atoms with Crippen molar-refractivity contribution in [2.75, 3.05) is 26.1 Å². The van der Waals surface area contributed by atoms with Gasteiger partial charge in [0.2, 0.25) is 0 Å². The highest BCUT2D eigenvalue weighted by Crippen LogP contribution is 2.36. The van der Waals surface area contributed by atoms with Crippen molar-refractivity contribution in [3.63, 3.8) is 0 Å². The van der Waals surface area contributed by atoms with Gasteiger partial charge in [0.15, 0.2) is 11.5 Å². The molecule has 0 saturated heterocycles. The Morgan fingerprint density at radius 2 is 1.83 bits per heavy atom. The first-order chi connectivity index (χ1) is 11.1. The van der Waals surface area contributed by atoms with Crippen molar-refractivity contribution < 1.29 is 19.0 Å². The summed E-state index contributed by atoms with van der Waals surface area (Å²) in [7, 11) is 3.15. The number of hydrogen-bond acceptors (Lipinski definition) is 4. The van der Waals surface area contributed by atoms with Gasteiger partial charge in [-0.05, 0) is 59.3 Å². The first-order valence-corrected chi connectivity index (χ1v) is 7.84. The van der Waals surface area contributed by atoms with Gasteiger partial charge < -0.3 is 19.5 Å². The van der Waals surface area contributed by atoms with Crippen molar-refractivity contribution in [3.8, 4) is 17.2 Å². The van der Waals surface area contributed by atoms with Crippen LogP contribution in [0.25, 0.3) is 0 Å². The van der Waals surface area contributed by atoms with E-state index in [9.17, 15) is 4.79 Å². The molecule has 0 fully saturated rings. The number of carbonyl (C=O) groups excluding carboxylic acids is 1. The molecular weight excluding hydrogens is 362 g/mol. The lowest BCUT2D eigenvalue weighted by atomic mass is 10.1. The number of ether oxygens (including phenoxy) is 3. The summed E-state index contributed by atoms with van der Waals surface area (Å²) in [5.74, 6) is 1.57. The molecule has 0 atom stereocenters. The quantitative estimate of drug-likeness (QED) is 0.819. The fraction of sp³-hybridized carbons (Fsp3) is 0.235. The van der Waals surface area contributed by atoms with Crippen molar-refractivity contribution in [1.82, 2.24) is 0 Å². The average Bonchev–Trinajstić information content (AvgIpc) is 2.55. The van der Waals surface area contributed by atoms with Crippen LogP contribution in [-0.4, -0.2) is 26.7 Å². The van der Waals surface area contributed by atoms with Gasteiger partial charge in [-0.15, -0.1) is 0 Å². The van der Waals surface area contributed by atoms with Crippen LogP contribution in [0.1, 0.15) is 17.3 Å². The largest absolute Gasteiger partial charge is 0.497 e. The standard InChI is InChI=1S/C17H18BrNO4/c1-4-23-15-10-11(9-14(18)16(15)22-3)17(20)19-12-5-7-13(21-2)8-6-12/h5-10H,4H2,1-3H3,(H,19,20). The Bertz CT molecular complexity index is 686. The molecule has 122 valence electrons. The van der Waals surface area contributed by atoms with E-state index in [2.05, 4.69) is 21.2 Å². The smallest absolute Gasteiger partial charge is 0.255 e. The number of anilines is 1. The minimum absolute atomic E-state index is 0.237. The van der Waals surface area contributed by atoms with Gasteiger partial charge in [-0.2, -0.15) is 0 Å². The summed E-state index contributed by atoms with van der Waals surface area (Å²) >= 11 is 3.40. The monoisotopic (exact) mass is 379 g/mol. The molecule has 2 aromatic carbocycles. The lowest BCUT2D eigenvalue weighted by Crippen LogP contribution is -2.12. The molecule has 0 unspecified atom stereocenters. The normalized spacial score (nSPS) is 10.1. The van der Waals surface area contributed by atoms with Crippen LogP contribution < -0.4 is 19.5 Å². The molecule has 1 N–H and O–H groups in total. The van der Waals surface area contributed by atoms with E-state index < -0.39 is 0 Å². The number of nitrogens with one attached hydrogen (secondary N) is 1. The maximum absolute atomic E-state index is 12.4. The molecule has 0 heterocycles. The van der Waals surface area contributed by atoms with Crippen LogP contribution in [-0.2, 0) is 0 Å². The number of rotatable bonds is 6. The third-order valence-electron chi connectivity index (χ3n) is 3.12. The third kappa shape index (κ3) is 4.16. The first kappa shape index (κ1) is 17.1. The van der Waals surface area contributed by atoms with E-state index in [0.29, 0.717) is 33.8 Å². The maximum Gasteiger partial charge on any atom is 0.255 e. The zero-order valence-electron chi connectivity index (χ0n) is 13.2. The van der Waals surface area contributed by atoms with Crippen molar-refractivity contribution in [1.29, 1.82) is 0 Å². The van der Waals surface area contributed by atoms with Crippen LogP contribution in [0.15, 0.2) is 40.9 Å². The molecule has 0 aromatic heterocycles. The molecule has 5 nitrogen and oxygen atoms in total. The Morgan fingerprint density at radius 3 is 2.39 bits per heavy atom. The fourth-order valence-electron chi connectivity index (χ4n) is 2.04. The van der Waals surface area contributed by atoms with Gasteiger partial charge in [0, 0.05) is 11.3 Å². The van der Waals surface area contributed by atoms with Gasteiger partial charge in [-0.25, -0.2) is 0 Å². The summed E-state index contributed by atoms with van der Waals surface area (Å²) in [5.41, 5.74) is 1.15. The molecule has 0 spiro atoms. The van der Waals surface area contributed by atoms with Crippen LogP contribution in [0.3, 0.4) is 0 Å². The maximum atomic E-state index is 12.4. The Hall–Kier alpha value is -2.21. The topological polar surface area (TPSA) is 56.8 Å². The van der Waals surface area contributed by atoms with Crippen molar-refractivity contribution in [2.45, 2.75) is 6.92 Å². The van der Waals surface area contributed by atoms with E-state index in [0.717, 1.165) is 5.75 Å². The minimum atomic E-state index is -0.237. The highest BCUT2D eigenvalue weighted by molar-refractivity contribution is 9.10. The van der Waals surface area contributed by atoms with Gasteiger partial charge in [0.1, 0.15) is 5.75 Å². The van der Waals surface area contributed by atoms with E-state index in [-0.39, 0.29) is 5.91 Å². The Morgan fingerprint density at radius 1 is 1.13 bits per heavy atom. The second-order valence-corrected chi connectivity index (χ2v) is 5.46. The molecule has 23 heavy (non-hydrogen) atoms. The summed E-state index contributed by atoms with van der Waals surface area (Å²) in [6.07, 6.45) is 0. The summed E-state index contributed by atoms with van der Waals surface area (Å²) < 4.78 is 16.6. The van der Waals surface area contributed by atoms with Crippen LogP contribution in [0.5, 0.6) is 17.2 Å². The molecule has 1 amide bonds. The lowest BCUT2D eigenvalue weighted by Gasteiger charge is -2.13. The van der Waals surface area contributed by atoms with E-state index in [1.807, 2.05) is 6.92 Å². The zero-order chi connectivity index (χ0) is 16.8. The Balaban J connectivity index is 2.24. The fourth-order valence-corrected chi connectivity index (χ4v) is 2.64. The summed E-state index contributed by atoms with van der Waals surface area (Å²) in [6, 6.07) is 10.5. The van der Waals surface area contributed by atoms with E-state index in [1.165, 1.54) is 0 Å². The molecule has 0 saturated carbocycles. The second kappa shape index (κ2) is 7.87. The number of benzene rings is 2. The zero-order valence-corrected chi connectivity index (χ0v) is 14.8. The molecule has 0 aliphatic rings. The molecule has 2 aromatic rings. The van der Waals surface area contributed by atoms with Gasteiger partial charge in [-0.1, -0.05) is 0 Å². The number of amides is 1. The highest BCUT2D eigenvalue weighted by Gasteiger charge is 2.15. The highest BCUT2D eigenvalue weighted by atomic mass is 79.9. The van der Waals surface area contributed by atoms with Crippen molar-refractivity contribution >= 4 is 27.5 Å². The number of halogens is 1. The molecule has 2 rings (SSSR count). The number of methoxy groups -OCH3 is 2.